The van der Waals surface area contributed by atoms with Crippen molar-refractivity contribution >= 4 is 29.5 Å². The van der Waals surface area contributed by atoms with Gasteiger partial charge < -0.3 is 26.7 Å². The summed E-state index contributed by atoms with van der Waals surface area (Å²) in [5.74, 6) is -2.05. The number of benzene rings is 2. The zero-order valence-electron chi connectivity index (χ0n) is 16.2. The second-order valence-electron chi connectivity index (χ2n) is 6.85. The molecule has 2 aromatic rings. The Morgan fingerprint density at radius 3 is 2.43 bits per heavy atom. The number of primary amides is 1. The zero-order chi connectivity index (χ0) is 21.7. The first-order valence-electron chi connectivity index (χ1n) is 9.33. The minimum atomic E-state index is -0.746. The molecule has 1 unspecified atom stereocenters. The van der Waals surface area contributed by atoms with Gasteiger partial charge in [-0.3, -0.25) is 9.59 Å². The van der Waals surface area contributed by atoms with Crippen LogP contribution in [0.4, 0.5) is 5.69 Å². The first-order chi connectivity index (χ1) is 14.3. The molecule has 0 fully saturated rings. The monoisotopic (exact) mass is 410 g/mol. The van der Waals surface area contributed by atoms with Crippen molar-refractivity contribution in [3.8, 4) is 5.75 Å². The van der Waals surface area contributed by atoms with Crippen molar-refractivity contribution in [2.45, 2.75) is 25.2 Å². The van der Waals surface area contributed by atoms with Gasteiger partial charge in [0.2, 0.25) is 0 Å². The molecule has 156 valence electrons. The van der Waals surface area contributed by atoms with E-state index in [1.165, 1.54) is 24.3 Å². The third-order valence-corrected chi connectivity index (χ3v) is 4.64. The smallest absolute Gasteiger partial charge is 0.338 e. The van der Waals surface area contributed by atoms with Crippen LogP contribution in [0.2, 0.25) is 0 Å². The van der Waals surface area contributed by atoms with Crippen LogP contribution in [0.1, 0.15) is 40.2 Å². The molecule has 9 nitrogen and oxygen atoms in total. The molecule has 0 bridgehead atoms. The highest BCUT2D eigenvalue weighted by Crippen LogP contribution is 2.35. The maximum atomic E-state index is 12.8. The van der Waals surface area contributed by atoms with Crippen molar-refractivity contribution in [3.05, 3.63) is 59.2 Å². The molecular weight excluding hydrogens is 388 g/mol. The van der Waals surface area contributed by atoms with Crippen molar-refractivity contribution in [3.63, 3.8) is 0 Å². The van der Waals surface area contributed by atoms with E-state index in [9.17, 15) is 14.4 Å². The van der Waals surface area contributed by atoms with Gasteiger partial charge in [-0.2, -0.15) is 0 Å². The molecule has 2 aromatic carbocycles. The molecule has 0 radical (unpaired) electrons. The van der Waals surface area contributed by atoms with Gasteiger partial charge >= 0.3 is 11.9 Å². The van der Waals surface area contributed by atoms with E-state index in [2.05, 4.69) is 4.99 Å². The largest absolute Gasteiger partial charge is 0.452 e. The number of hydrogen-bond donors (Lipinski definition) is 3. The normalized spacial score (nSPS) is 14.9. The first kappa shape index (κ1) is 20.8. The Morgan fingerprint density at radius 2 is 1.77 bits per heavy atom. The van der Waals surface area contributed by atoms with Gasteiger partial charge in [0.25, 0.3) is 5.91 Å². The van der Waals surface area contributed by atoms with E-state index in [1.807, 2.05) is 12.1 Å². The van der Waals surface area contributed by atoms with E-state index in [0.717, 1.165) is 24.0 Å². The third kappa shape index (κ3) is 5.13. The molecule has 1 aliphatic rings. The Balaban J connectivity index is 1.72. The van der Waals surface area contributed by atoms with Crippen molar-refractivity contribution in [1.82, 2.24) is 0 Å². The molecule has 6 N–H and O–H groups in total. The summed E-state index contributed by atoms with van der Waals surface area (Å²) < 4.78 is 10.2. The summed E-state index contributed by atoms with van der Waals surface area (Å²) in [7, 11) is 0. The van der Waals surface area contributed by atoms with Crippen LogP contribution < -0.4 is 21.9 Å². The van der Waals surface area contributed by atoms with Gasteiger partial charge in [-0.05, 0) is 66.8 Å². The maximum Gasteiger partial charge on any atom is 0.338 e. The fraction of sp³-hybridized carbons (Fsp3) is 0.238. The number of carbonyl (C=O) groups excluding carboxylic acids is 3. The lowest BCUT2D eigenvalue weighted by molar-refractivity contribution is -0.136. The quantitative estimate of drug-likeness (QED) is 0.280. The Bertz CT molecular complexity index is 997. The average Bonchev–Trinajstić information content (AvgIpc) is 2.71. The highest BCUT2D eigenvalue weighted by atomic mass is 16.5. The fourth-order valence-corrected chi connectivity index (χ4v) is 3.32. The Labute approximate surface area is 172 Å². The predicted molar refractivity (Wildman–Crippen MR) is 109 cm³/mol. The van der Waals surface area contributed by atoms with E-state index >= 15 is 0 Å². The van der Waals surface area contributed by atoms with E-state index in [4.69, 9.17) is 26.7 Å². The van der Waals surface area contributed by atoms with Crippen LogP contribution >= 0.6 is 0 Å². The lowest BCUT2D eigenvalue weighted by Gasteiger charge is -2.24. The standard InChI is InChI=1S/C21H22N4O5/c22-18(26)11-29-19(27)13-5-8-15(9-6-13)30-20(28)16-3-1-2-12-4-7-14(10-17(12)16)25-21(23)24/h4-10,16H,1-3,11H2,(H2,22,26)(H4,23,24,25). The number of amides is 1. The molecule has 1 aliphatic carbocycles. The number of nitrogens with two attached hydrogens (primary N) is 3. The van der Waals surface area contributed by atoms with Crippen LogP contribution in [0.3, 0.4) is 0 Å². The predicted octanol–water partition coefficient (Wildman–Crippen LogP) is 1.26. The van der Waals surface area contributed by atoms with Gasteiger partial charge in [-0.25, -0.2) is 9.79 Å². The molecule has 0 spiro atoms. The lowest BCUT2D eigenvalue weighted by atomic mass is 9.82. The summed E-state index contributed by atoms with van der Waals surface area (Å²) in [6.45, 7) is -0.501. The van der Waals surface area contributed by atoms with Gasteiger partial charge in [-0.15, -0.1) is 0 Å². The van der Waals surface area contributed by atoms with Crippen molar-refractivity contribution in [2.24, 2.45) is 22.2 Å². The van der Waals surface area contributed by atoms with Gasteiger partial charge in [0, 0.05) is 0 Å². The molecule has 30 heavy (non-hydrogen) atoms. The first-order valence-corrected chi connectivity index (χ1v) is 9.33. The van der Waals surface area contributed by atoms with Crippen LogP contribution in [0.25, 0.3) is 0 Å². The van der Waals surface area contributed by atoms with Crippen molar-refractivity contribution in [2.75, 3.05) is 6.61 Å². The Morgan fingerprint density at radius 1 is 1.03 bits per heavy atom. The third-order valence-electron chi connectivity index (χ3n) is 4.64. The molecule has 3 rings (SSSR count). The number of hydrogen-bond acceptors (Lipinski definition) is 6. The second kappa shape index (κ2) is 9.08. The molecule has 0 saturated heterocycles. The van der Waals surface area contributed by atoms with Gasteiger partial charge in [-0.1, -0.05) is 6.07 Å². The Hall–Kier alpha value is -3.88. The molecule has 1 atom stereocenters. The minimum Gasteiger partial charge on any atom is -0.452 e. The van der Waals surface area contributed by atoms with Crippen LogP contribution in [0.15, 0.2) is 47.5 Å². The molecule has 9 heteroatoms. The molecule has 0 aromatic heterocycles. The summed E-state index contributed by atoms with van der Waals surface area (Å²) >= 11 is 0. The van der Waals surface area contributed by atoms with E-state index in [0.29, 0.717) is 17.9 Å². The lowest BCUT2D eigenvalue weighted by Crippen LogP contribution is -2.23. The summed E-state index contributed by atoms with van der Waals surface area (Å²) in [5, 5.41) is 0. The van der Waals surface area contributed by atoms with E-state index in [1.54, 1.807) is 6.07 Å². The highest BCUT2D eigenvalue weighted by Gasteiger charge is 2.28. The number of aryl methyl sites for hydroxylation is 1. The number of ether oxygens (including phenoxy) is 2. The van der Waals surface area contributed by atoms with Gasteiger partial charge in [0.1, 0.15) is 5.75 Å². The topological polar surface area (TPSA) is 160 Å². The Kier molecular flexibility index (Phi) is 6.31. The zero-order valence-corrected chi connectivity index (χ0v) is 16.2. The SMILES string of the molecule is NC(=O)COC(=O)c1ccc(OC(=O)C2CCCc3ccc(N=C(N)N)cc32)cc1. The van der Waals surface area contributed by atoms with Crippen LogP contribution in [0, 0.1) is 0 Å². The fourth-order valence-electron chi connectivity index (χ4n) is 3.32. The average molecular weight is 410 g/mol. The minimum absolute atomic E-state index is 0.0562. The van der Waals surface area contributed by atoms with Crippen LogP contribution in [-0.2, 0) is 20.7 Å². The number of guanidine groups is 1. The van der Waals surface area contributed by atoms with Crippen molar-refractivity contribution < 1.29 is 23.9 Å². The molecule has 1 amide bonds. The number of rotatable bonds is 6. The molecular formula is C21H22N4O5. The maximum absolute atomic E-state index is 12.8. The number of esters is 2. The van der Waals surface area contributed by atoms with Crippen LogP contribution in [0.5, 0.6) is 5.75 Å². The summed E-state index contributed by atoms with van der Waals surface area (Å²) in [6, 6.07) is 11.4. The molecule has 0 saturated carbocycles. The van der Waals surface area contributed by atoms with E-state index < -0.39 is 30.4 Å². The molecule has 0 heterocycles. The van der Waals surface area contributed by atoms with Gasteiger partial charge in [0.05, 0.1) is 17.2 Å². The van der Waals surface area contributed by atoms with Gasteiger partial charge in [0.15, 0.2) is 12.6 Å². The van der Waals surface area contributed by atoms with E-state index in [-0.39, 0.29) is 11.5 Å². The van der Waals surface area contributed by atoms with Crippen LogP contribution in [-0.4, -0.2) is 30.4 Å². The highest BCUT2D eigenvalue weighted by molar-refractivity contribution is 5.91. The number of aliphatic imine (C=N–C) groups is 1. The number of fused-ring (bicyclic) bond motifs is 1. The summed E-state index contributed by atoms with van der Waals surface area (Å²) in [6.07, 6.45) is 2.37. The second-order valence-corrected chi connectivity index (χ2v) is 6.85. The summed E-state index contributed by atoms with van der Waals surface area (Å²) in [4.78, 5) is 39.4. The summed E-state index contributed by atoms with van der Waals surface area (Å²) in [5.41, 5.74) is 18.5. The number of carbonyl (C=O) groups is 3. The molecule has 0 aliphatic heterocycles. The van der Waals surface area contributed by atoms with Crippen molar-refractivity contribution in [1.29, 1.82) is 0 Å². The number of nitrogens with zero attached hydrogens (tertiary/aromatic N) is 1.